The number of hydrogen-bond acceptors (Lipinski definition) is 3. The third-order valence-corrected chi connectivity index (χ3v) is 5.63. The van der Waals surface area contributed by atoms with Crippen LogP contribution in [-0.4, -0.2) is 16.2 Å². The SMILES string of the molecule is Cc1c(C#N)c(NC(=O)CSc2ccccc2F)n(Cc2ccccc2)c1C. The van der Waals surface area contributed by atoms with Gasteiger partial charge < -0.3 is 9.88 Å². The van der Waals surface area contributed by atoms with E-state index in [-0.39, 0.29) is 17.5 Å². The van der Waals surface area contributed by atoms with Gasteiger partial charge in [-0.3, -0.25) is 4.79 Å². The molecule has 0 aliphatic rings. The molecule has 0 unspecified atom stereocenters. The number of anilines is 1. The van der Waals surface area contributed by atoms with E-state index in [0.29, 0.717) is 22.8 Å². The van der Waals surface area contributed by atoms with Gasteiger partial charge >= 0.3 is 0 Å². The maximum atomic E-state index is 13.7. The summed E-state index contributed by atoms with van der Waals surface area (Å²) in [6.45, 7) is 4.35. The highest BCUT2D eigenvalue weighted by Gasteiger charge is 2.20. The van der Waals surface area contributed by atoms with Gasteiger partial charge in [-0.25, -0.2) is 4.39 Å². The summed E-state index contributed by atoms with van der Waals surface area (Å²) >= 11 is 1.13. The number of nitrogens with zero attached hydrogens (tertiary/aromatic N) is 2. The Morgan fingerprint density at radius 3 is 2.50 bits per heavy atom. The Kier molecular flexibility index (Phi) is 6.17. The molecular weight excluding hydrogens is 373 g/mol. The van der Waals surface area contributed by atoms with Crippen LogP contribution in [0.5, 0.6) is 0 Å². The lowest BCUT2D eigenvalue weighted by Crippen LogP contribution is -2.18. The Bertz CT molecular complexity index is 1040. The second kappa shape index (κ2) is 8.77. The number of nitriles is 1. The zero-order chi connectivity index (χ0) is 20.1. The Labute approximate surface area is 168 Å². The smallest absolute Gasteiger partial charge is 0.235 e. The summed E-state index contributed by atoms with van der Waals surface area (Å²) in [7, 11) is 0. The number of hydrogen-bond donors (Lipinski definition) is 1. The van der Waals surface area contributed by atoms with E-state index in [1.54, 1.807) is 18.2 Å². The van der Waals surface area contributed by atoms with Crippen LogP contribution in [0.2, 0.25) is 0 Å². The lowest BCUT2D eigenvalue weighted by atomic mass is 10.2. The van der Waals surface area contributed by atoms with Crippen LogP contribution in [0.25, 0.3) is 0 Å². The van der Waals surface area contributed by atoms with Crippen LogP contribution in [0.3, 0.4) is 0 Å². The van der Waals surface area contributed by atoms with Gasteiger partial charge in [0, 0.05) is 17.1 Å². The Morgan fingerprint density at radius 2 is 1.82 bits per heavy atom. The largest absolute Gasteiger partial charge is 0.326 e. The molecule has 0 aliphatic carbocycles. The topological polar surface area (TPSA) is 57.8 Å². The molecule has 1 heterocycles. The van der Waals surface area contributed by atoms with E-state index in [1.165, 1.54) is 6.07 Å². The highest BCUT2D eigenvalue weighted by atomic mass is 32.2. The monoisotopic (exact) mass is 393 g/mol. The summed E-state index contributed by atoms with van der Waals surface area (Å²) < 4.78 is 15.7. The predicted octanol–water partition coefficient (Wildman–Crippen LogP) is 4.89. The molecule has 3 rings (SSSR count). The van der Waals surface area contributed by atoms with Gasteiger partial charge in [0.05, 0.1) is 11.3 Å². The molecule has 0 spiro atoms. The Hall–Kier alpha value is -3.04. The van der Waals surface area contributed by atoms with Gasteiger partial charge in [0.25, 0.3) is 0 Å². The molecule has 1 N–H and O–H groups in total. The maximum absolute atomic E-state index is 13.7. The molecule has 3 aromatic rings. The number of halogens is 1. The van der Waals surface area contributed by atoms with Crippen LogP contribution in [0.15, 0.2) is 59.5 Å². The van der Waals surface area contributed by atoms with E-state index >= 15 is 0 Å². The average molecular weight is 393 g/mol. The summed E-state index contributed by atoms with van der Waals surface area (Å²) in [5.74, 6) is -0.0883. The van der Waals surface area contributed by atoms with E-state index in [4.69, 9.17) is 0 Å². The number of aromatic nitrogens is 1. The third-order valence-electron chi connectivity index (χ3n) is 4.58. The fourth-order valence-corrected chi connectivity index (χ4v) is 3.71. The molecule has 28 heavy (non-hydrogen) atoms. The molecule has 0 aliphatic heterocycles. The first-order valence-electron chi connectivity index (χ1n) is 8.82. The van der Waals surface area contributed by atoms with E-state index in [1.807, 2.05) is 48.7 Å². The lowest BCUT2D eigenvalue weighted by molar-refractivity contribution is -0.113. The first-order valence-corrected chi connectivity index (χ1v) is 9.80. The van der Waals surface area contributed by atoms with Crippen molar-refractivity contribution < 1.29 is 9.18 Å². The van der Waals surface area contributed by atoms with Crippen LogP contribution < -0.4 is 5.32 Å². The van der Waals surface area contributed by atoms with Crippen molar-refractivity contribution in [1.29, 1.82) is 5.26 Å². The van der Waals surface area contributed by atoms with Gasteiger partial charge in [-0.1, -0.05) is 42.5 Å². The molecule has 0 radical (unpaired) electrons. The van der Waals surface area contributed by atoms with Gasteiger partial charge in [0.15, 0.2) is 0 Å². The van der Waals surface area contributed by atoms with Gasteiger partial charge in [-0.05, 0) is 37.1 Å². The van der Waals surface area contributed by atoms with Gasteiger partial charge in [-0.15, -0.1) is 11.8 Å². The van der Waals surface area contributed by atoms with Crippen molar-refractivity contribution in [2.24, 2.45) is 0 Å². The minimum atomic E-state index is -0.350. The standard InChI is InChI=1S/C22H20FN3OS/c1-15-16(2)26(13-17-8-4-3-5-9-17)22(18(15)12-24)25-21(27)14-28-20-11-7-6-10-19(20)23/h3-11H,13-14H2,1-2H3,(H,25,27). The highest BCUT2D eigenvalue weighted by Crippen LogP contribution is 2.28. The van der Waals surface area contributed by atoms with Crippen molar-refractivity contribution in [1.82, 2.24) is 4.57 Å². The quantitative estimate of drug-likeness (QED) is 0.606. The summed E-state index contributed by atoms with van der Waals surface area (Å²) in [5, 5.41) is 12.5. The first kappa shape index (κ1) is 19.7. The minimum absolute atomic E-state index is 0.0560. The molecule has 1 amide bonds. The normalized spacial score (nSPS) is 10.5. The third kappa shape index (κ3) is 4.26. The zero-order valence-electron chi connectivity index (χ0n) is 15.7. The number of benzene rings is 2. The average Bonchev–Trinajstić information content (AvgIpc) is 2.92. The lowest BCUT2D eigenvalue weighted by Gasteiger charge is -2.13. The van der Waals surface area contributed by atoms with E-state index in [0.717, 1.165) is 28.6 Å². The molecule has 0 fully saturated rings. The Balaban J connectivity index is 1.82. The van der Waals surface area contributed by atoms with Crippen LogP contribution in [0.1, 0.15) is 22.4 Å². The fourth-order valence-electron chi connectivity index (χ4n) is 2.97. The minimum Gasteiger partial charge on any atom is -0.326 e. The van der Waals surface area contributed by atoms with E-state index in [9.17, 15) is 14.4 Å². The molecule has 0 bridgehead atoms. The Morgan fingerprint density at radius 1 is 1.14 bits per heavy atom. The van der Waals surface area contributed by atoms with Crippen molar-refractivity contribution in [2.75, 3.05) is 11.1 Å². The van der Waals surface area contributed by atoms with Gasteiger partial charge in [0.2, 0.25) is 5.91 Å². The highest BCUT2D eigenvalue weighted by molar-refractivity contribution is 8.00. The van der Waals surface area contributed by atoms with Crippen LogP contribution in [0, 0.1) is 31.0 Å². The molecule has 2 aromatic carbocycles. The molecular formula is C22H20FN3OS. The second-order valence-electron chi connectivity index (χ2n) is 6.38. The number of carbonyl (C=O) groups excluding carboxylic acids is 1. The number of thioether (sulfide) groups is 1. The summed E-state index contributed by atoms with van der Waals surface area (Å²) in [6.07, 6.45) is 0. The van der Waals surface area contributed by atoms with E-state index < -0.39 is 0 Å². The van der Waals surface area contributed by atoms with Gasteiger partial charge in [0.1, 0.15) is 17.7 Å². The molecule has 1 aromatic heterocycles. The second-order valence-corrected chi connectivity index (χ2v) is 7.40. The number of carbonyl (C=O) groups is 1. The van der Waals surface area contributed by atoms with Crippen LogP contribution in [-0.2, 0) is 11.3 Å². The van der Waals surface area contributed by atoms with Crippen LogP contribution in [0.4, 0.5) is 10.2 Å². The maximum Gasteiger partial charge on any atom is 0.235 e. The van der Waals surface area contributed by atoms with Crippen molar-refractivity contribution in [2.45, 2.75) is 25.3 Å². The van der Waals surface area contributed by atoms with Gasteiger partial charge in [-0.2, -0.15) is 5.26 Å². The van der Waals surface area contributed by atoms with Crippen molar-refractivity contribution in [3.63, 3.8) is 0 Å². The molecule has 0 atom stereocenters. The van der Waals surface area contributed by atoms with Crippen molar-refractivity contribution >= 4 is 23.5 Å². The summed E-state index contributed by atoms with van der Waals surface area (Å²) in [5.41, 5.74) is 3.30. The van der Waals surface area contributed by atoms with Crippen molar-refractivity contribution in [3.8, 4) is 6.07 Å². The van der Waals surface area contributed by atoms with E-state index in [2.05, 4.69) is 11.4 Å². The predicted molar refractivity (Wildman–Crippen MR) is 110 cm³/mol. The molecule has 4 nitrogen and oxygen atoms in total. The number of rotatable bonds is 6. The van der Waals surface area contributed by atoms with Crippen LogP contribution >= 0.6 is 11.8 Å². The zero-order valence-corrected chi connectivity index (χ0v) is 16.5. The fraction of sp³-hybridized carbons (Fsp3) is 0.182. The molecule has 6 heteroatoms. The molecule has 142 valence electrons. The summed E-state index contributed by atoms with van der Waals surface area (Å²) in [4.78, 5) is 12.9. The number of nitrogens with one attached hydrogen (secondary N) is 1. The summed E-state index contributed by atoms with van der Waals surface area (Å²) in [6, 6.07) is 18.4. The first-order chi connectivity index (χ1) is 13.5. The molecule has 0 saturated heterocycles. The van der Waals surface area contributed by atoms with Crippen molar-refractivity contribution in [3.05, 3.63) is 82.8 Å². The number of amides is 1. The molecule has 0 saturated carbocycles.